The normalized spacial score (nSPS) is 10.7. The molecule has 4 heteroatoms. The first-order valence-corrected chi connectivity index (χ1v) is 7.16. The quantitative estimate of drug-likeness (QED) is 0.844. The zero-order valence-electron chi connectivity index (χ0n) is 12.8. The van der Waals surface area contributed by atoms with Crippen molar-refractivity contribution < 1.29 is 9.47 Å². The van der Waals surface area contributed by atoms with Crippen molar-refractivity contribution in [2.75, 3.05) is 13.7 Å². The largest absolute Gasteiger partial charge is 0.493 e. The molecule has 1 N–H and O–H groups in total. The molecular formula is C17H22N2O2. The maximum atomic E-state index is 5.91. The van der Waals surface area contributed by atoms with Gasteiger partial charge in [0.05, 0.1) is 7.11 Å². The van der Waals surface area contributed by atoms with Crippen LogP contribution in [0.25, 0.3) is 0 Å². The first-order chi connectivity index (χ1) is 10.2. The van der Waals surface area contributed by atoms with Crippen LogP contribution in [0.1, 0.15) is 19.4 Å². The molecule has 0 aliphatic heterocycles. The molecule has 112 valence electrons. The van der Waals surface area contributed by atoms with Gasteiger partial charge in [-0.2, -0.15) is 0 Å². The van der Waals surface area contributed by atoms with E-state index in [0.717, 1.165) is 18.7 Å². The number of hydrogen-bond acceptors (Lipinski definition) is 4. The molecule has 0 atom stereocenters. The number of hydrogen-bond donors (Lipinski definition) is 1. The molecule has 0 aliphatic carbocycles. The predicted molar refractivity (Wildman–Crippen MR) is 83.8 cm³/mol. The summed E-state index contributed by atoms with van der Waals surface area (Å²) in [5.41, 5.74) is 1.03. The van der Waals surface area contributed by atoms with Gasteiger partial charge in [0.1, 0.15) is 0 Å². The van der Waals surface area contributed by atoms with Gasteiger partial charge in [0.15, 0.2) is 11.5 Å². The molecule has 0 bridgehead atoms. The maximum absolute atomic E-state index is 5.91. The van der Waals surface area contributed by atoms with Crippen molar-refractivity contribution in [3.8, 4) is 17.4 Å². The van der Waals surface area contributed by atoms with E-state index in [1.54, 1.807) is 13.3 Å². The highest BCUT2D eigenvalue weighted by Crippen LogP contribution is 2.31. The third-order valence-electron chi connectivity index (χ3n) is 2.99. The third-order valence-corrected chi connectivity index (χ3v) is 2.99. The van der Waals surface area contributed by atoms with Crippen LogP contribution in [-0.4, -0.2) is 18.6 Å². The molecule has 2 rings (SSSR count). The van der Waals surface area contributed by atoms with Gasteiger partial charge in [-0.3, -0.25) is 0 Å². The summed E-state index contributed by atoms with van der Waals surface area (Å²) in [4.78, 5) is 4.33. The Hall–Kier alpha value is -2.07. The number of ether oxygens (including phenoxy) is 2. The van der Waals surface area contributed by atoms with Crippen LogP contribution in [0.3, 0.4) is 0 Å². The first-order valence-electron chi connectivity index (χ1n) is 7.16. The minimum absolute atomic E-state index is 0.609. The summed E-state index contributed by atoms with van der Waals surface area (Å²) in [5, 5.41) is 3.40. The van der Waals surface area contributed by atoms with Gasteiger partial charge >= 0.3 is 0 Å². The molecule has 1 heterocycles. The van der Waals surface area contributed by atoms with Crippen LogP contribution in [0, 0.1) is 5.92 Å². The van der Waals surface area contributed by atoms with Crippen LogP contribution in [0.4, 0.5) is 0 Å². The monoisotopic (exact) mass is 286 g/mol. The Morgan fingerprint density at radius 1 is 1.10 bits per heavy atom. The zero-order valence-corrected chi connectivity index (χ0v) is 12.8. The van der Waals surface area contributed by atoms with E-state index in [2.05, 4.69) is 24.1 Å². The van der Waals surface area contributed by atoms with Crippen LogP contribution in [0.15, 0.2) is 42.6 Å². The van der Waals surface area contributed by atoms with Crippen molar-refractivity contribution in [3.05, 3.63) is 48.2 Å². The van der Waals surface area contributed by atoms with Gasteiger partial charge in [-0.1, -0.05) is 32.0 Å². The first kappa shape index (κ1) is 15.3. The molecule has 0 spiro atoms. The lowest BCUT2D eigenvalue weighted by molar-refractivity contribution is 0.371. The van der Waals surface area contributed by atoms with Crippen molar-refractivity contribution in [1.82, 2.24) is 10.3 Å². The molecule has 0 radical (unpaired) electrons. The molecule has 1 aromatic heterocycles. The van der Waals surface area contributed by atoms with Crippen LogP contribution < -0.4 is 14.8 Å². The maximum Gasteiger partial charge on any atom is 0.223 e. The number of nitrogens with zero attached hydrogens (tertiary/aromatic N) is 1. The minimum Gasteiger partial charge on any atom is -0.493 e. The van der Waals surface area contributed by atoms with Crippen LogP contribution in [0.2, 0.25) is 0 Å². The zero-order chi connectivity index (χ0) is 15.1. The summed E-state index contributed by atoms with van der Waals surface area (Å²) >= 11 is 0. The molecule has 4 nitrogen and oxygen atoms in total. The molecule has 0 fully saturated rings. The Kier molecular flexibility index (Phi) is 5.58. The Morgan fingerprint density at radius 2 is 1.86 bits per heavy atom. The van der Waals surface area contributed by atoms with Gasteiger partial charge in [0.25, 0.3) is 0 Å². The second kappa shape index (κ2) is 7.64. The Labute approximate surface area is 126 Å². The summed E-state index contributed by atoms with van der Waals surface area (Å²) in [7, 11) is 1.63. The number of nitrogens with one attached hydrogen (secondary N) is 1. The summed E-state index contributed by atoms with van der Waals surface area (Å²) < 4.78 is 11.2. The highest BCUT2D eigenvalue weighted by atomic mass is 16.5. The van der Waals surface area contributed by atoms with Crippen molar-refractivity contribution in [3.63, 3.8) is 0 Å². The van der Waals surface area contributed by atoms with Crippen molar-refractivity contribution in [2.24, 2.45) is 5.92 Å². The van der Waals surface area contributed by atoms with Crippen molar-refractivity contribution >= 4 is 0 Å². The van der Waals surface area contributed by atoms with Gasteiger partial charge in [-0.15, -0.1) is 0 Å². The Balaban J connectivity index is 2.12. The number of pyridine rings is 1. The van der Waals surface area contributed by atoms with Crippen molar-refractivity contribution in [1.29, 1.82) is 0 Å². The molecule has 0 amide bonds. The summed E-state index contributed by atoms with van der Waals surface area (Å²) in [6.07, 6.45) is 1.73. The second-order valence-electron chi connectivity index (χ2n) is 5.25. The van der Waals surface area contributed by atoms with Crippen LogP contribution in [0.5, 0.6) is 17.4 Å². The van der Waals surface area contributed by atoms with Gasteiger partial charge < -0.3 is 14.8 Å². The Bertz CT molecular complexity index is 570. The summed E-state index contributed by atoms with van der Waals surface area (Å²) in [5.74, 6) is 2.59. The van der Waals surface area contributed by atoms with E-state index >= 15 is 0 Å². The van der Waals surface area contributed by atoms with E-state index in [0.29, 0.717) is 23.3 Å². The van der Waals surface area contributed by atoms with E-state index in [-0.39, 0.29) is 0 Å². The third kappa shape index (κ3) is 4.46. The fourth-order valence-electron chi connectivity index (χ4n) is 1.95. The van der Waals surface area contributed by atoms with E-state index in [4.69, 9.17) is 9.47 Å². The van der Waals surface area contributed by atoms with Crippen molar-refractivity contribution in [2.45, 2.75) is 20.4 Å². The van der Waals surface area contributed by atoms with Crippen LogP contribution in [-0.2, 0) is 6.54 Å². The van der Waals surface area contributed by atoms with E-state index in [1.807, 2.05) is 36.4 Å². The van der Waals surface area contributed by atoms with Crippen LogP contribution >= 0.6 is 0 Å². The standard InChI is InChI=1S/C17H22N2O2/c1-13(2)11-18-12-14-7-6-10-19-17(14)21-16-9-5-4-8-15(16)20-3/h4-10,13,18H,11-12H2,1-3H3. The Morgan fingerprint density at radius 3 is 2.57 bits per heavy atom. The van der Waals surface area contributed by atoms with E-state index in [9.17, 15) is 0 Å². The van der Waals surface area contributed by atoms with Gasteiger partial charge in [0.2, 0.25) is 5.88 Å². The average molecular weight is 286 g/mol. The smallest absolute Gasteiger partial charge is 0.223 e. The molecule has 0 aliphatic rings. The summed E-state index contributed by atoms with van der Waals surface area (Å²) in [6, 6.07) is 11.5. The fourth-order valence-corrected chi connectivity index (χ4v) is 1.95. The molecule has 0 saturated carbocycles. The number of methoxy groups -OCH3 is 1. The molecule has 1 aromatic carbocycles. The van der Waals surface area contributed by atoms with Gasteiger partial charge in [-0.05, 0) is 30.7 Å². The lowest BCUT2D eigenvalue weighted by Crippen LogP contribution is -2.19. The van der Waals surface area contributed by atoms with E-state index in [1.165, 1.54) is 0 Å². The average Bonchev–Trinajstić information content (AvgIpc) is 2.49. The minimum atomic E-state index is 0.609. The molecule has 0 saturated heterocycles. The number of rotatable bonds is 7. The lowest BCUT2D eigenvalue weighted by atomic mass is 10.2. The fraction of sp³-hybridized carbons (Fsp3) is 0.353. The number of aromatic nitrogens is 1. The van der Waals surface area contributed by atoms with Gasteiger partial charge in [0, 0.05) is 18.3 Å². The molecule has 2 aromatic rings. The topological polar surface area (TPSA) is 43.4 Å². The number of para-hydroxylation sites is 2. The highest BCUT2D eigenvalue weighted by molar-refractivity contribution is 5.42. The molecular weight excluding hydrogens is 264 g/mol. The second-order valence-corrected chi connectivity index (χ2v) is 5.25. The SMILES string of the molecule is COc1ccccc1Oc1ncccc1CNCC(C)C. The van der Waals surface area contributed by atoms with Gasteiger partial charge in [-0.25, -0.2) is 4.98 Å². The molecule has 21 heavy (non-hydrogen) atoms. The summed E-state index contributed by atoms with van der Waals surface area (Å²) in [6.45, 7) is 6.06. The predicted octanol–water partition coefficient (Wildman–Crippen LogP) is 3.63. The highest BCUT2D eigenvalue weighted by Gasteiger charge is 2.09. The molecule has 0 unspecified atom stereocenters. The lowest BCUT2D eigenvalue weighted by Gasteiger charge is -2.13. The van der Waals surface area contributed by atoms with E-state index < -0.39 is 0 Å². The number of benzene rings is 1.